The Kier molecular flexibility index (Phi) is 4.41. The molecule has 0 saturated heterocycles. The molecular formula is C13H18N4O2S. The number of anilines is 1. The first-order valence-electron chi connectivity index (χ1n) is 6.34. The van der Waals surface area contributed by atoms with E-state index in [1.165, 1.54) is 0 Å². The number of benzene rings is 1. The van der Waals surface area contributed by atoms with E-state index in [1.54, 1.807) is 36.7 Å². The molecule has 0 saturated carbocycles. The van der Waals surface area contributed by atoms with E-state index in [4.69, 9.17) is 5.73 Å². The molecule has 0 aliphatic heterocycles. The maximum atomic E-state index is 12.2. The zero-order valence-corrected chi connectivity index (χ0v) is 12.0. The van der Waals surface area contributed by atoms with Crippen LogP contribution in [0.4, 0.5) is 5.69 Å². The van der Waals surface area contributed by atoms with Gasteiger partial charge in [-0.25, -0.2) is 18.1 Å². The zero-order valence-electron chi connectivity index (χ0n) is 11.2. The molecule has 7 heteroatoms. The monoisotopic (exact) mass is 294 g/mol. The molecule has 20 heavy (non-hydrogen) atoms. The van der Waals surface area contributed by atoms with Gasteiger partial charge < -0.3 is 10.7 Å². The van der Waals surface area contributed by atoms with E-state index in [9.17, 15) is 8.42 Å². The fourth-order valence-corrected chi connectivity index (χ4v) is 3.32. The van der Waals surface area contributed by atoms with Gasteiger partial charge in [0, 0.05) is 18.1 Å². The van der Waals surface area contributed by atoms with Crippen molar-refractivity contribution in [2.24, 2.45) is 0 Å². The fraction of sp³-hybridized carbons (Fsp3) is 0.308. The summed E-state index contributed by atoms with van der Waals surface area (Å²) in [5, 5.41) is 0. The average molecular weight is 294 g/mol. The molecule has 0 aliphatic rings. The third kappa shape index (κ3) is 3.82. The van der Waals surface area contributed by atoms with Gasteiger partial charge >= 0.3 is 0 Å². The van der Waals surface area contributed by atoms with Crippen LogP contribution in [0.1, 0.15) is 30.8 Å². The van der Waals surface area contributed by atoms with Crippen molar-refractivity contribution in [3.8, 4) is 0 Å². The zero-order chi connectivity index (χ0) is 14.6. The summed E-state index contributed by atoms with van der Waals surface area (Å²) in [6.45, 7) is 1.90. The first-order valence-corrected chi connectivity index (χ1v) is 7.99. The summed E-state index contributed by atoms with van der Waals surface area (Å²) in [4.78, 5) is 7.02. The van der Waals surface area contributed by atoms with Crippen LogP contribution in [0.25, 0.3) is 0 Å². The highest BCUT2D eigenvalue weighted by Crippen LogP contribution is 2.15. The van der Waals surface area contributed by atoms with E-state index in [-0.39, 0.29) is 11.8 Å². The minimum absolute atomic E-state index is 0.0789. The van der Waals surface area contributed by atoms with Crippen molar-refractivity contribution < 1.29 is 8.42 Å². The lowest BCUT2D eigenvalue weighted by Crippen LogP contribution is -2.30. The summed E-state index contributed by atoms with van der Waals surface area (Å²) in [6, 6.07) is 6.46. The molecule has 1 heterocycles. The lowest BCUT2D eigenvalue weighted by molar-refractivity contribution is 0.538. The number of sulfonamides is 1. The molecule has 0 radical (unpaired) electrons. The first-order chi connectivity index (χ1) is 9.50. The maximum Gasteiger partial charge on any atom is 0.216 e. The number of aromatic nitrogens is 2. The van der Waals surface area contributed by atoms with E-state index in [1.807, 2.05) is 6.92 Å². The van der Waals surface area contributed by atoms with E-state index in [0.717, 1.165) is 0 Å². The van der Waals surface area contributed by atoms with Gasteiger partial charge in [0.15, 0.2) is 0 Å². The molecule has 0 fully saturated rings. The smallest absolute Gasteiger partial charge is 0.216 e. The number of nitrogens with zero attached hydrogens (tertiary/aromatic N) is 1. The van der Waals surface area contributed by atoms with Crippen LogP contribution in [0, 0.1) is 0 Å². The van der Waals surface area contributed by atoms with Gasteiger partial charge in [0.2, 0.25) is 10.0 Å². The molecule has 1 aromatic heterocycles. The number of hydrogen-bond acceptors (Lipinski definition) is 4. The summed E-state index contributed by atoms with van der Waals surface area (Å²) in [5.41, 5.74) is 6.89. The molecule has 0 amide bonds. The first kappa shape index (κ1) is 14.5. The van der Waals surface area contributed by atoms with Gasteiger partial charge in [0.05, 0.1) is 11.8 Å². The number of rotatable bonds is 6. The predicted octanol–water partition coefficient (Wildman–Crippen LogP) is 1.56. The molecule has 1 unspecified atom stereocenters. The predicted molar refractivity (Wildman–Crippen MR) is 78.2 cm³/mol. The van der Waals surface area contributed by atoms with Gasteiger partial charge in [-0.3, -0.25) is 0 Å². The molecule has 1 atom stereocenters. The van der Waals surface area contributed by atoms with Crippen LogP contribution in [0.15, 0.2) is 36.7 Å². The molecule has 0 bridgehead atoms. The third-order valence-corrected chi connectivity index (χ3v) is 4.27. The van der Waals surface area contributed by atoms with Crippen LogP contribution in [-0.2, 0) is 15.8 Å². The Morgan fingerprint density at radius 2 is 2.05 bits per heavy atom. The number of hydrogen-bond donors (Lipinski definition) is 3. The van der Waals surface area contributed by atoms with Gasteiger partial charge in [0.1, 0.15) is 5.82 Å². The fourth-order valence-electron chi connectivity index (χ4n) is 1.89. The Morgan fingerprint density at radius 1 is 1.35 bits per heavy atom. The lowest BCUT2D eigenvalue weighted by Gasteiger charge is -2.15. The molecule has 2 rings (SSSR count). The highest BCUT2D eigenvalue weighted by molar-refractivity contribution is 7.88. The Hall–Kier alpha value is -1.86. The van der Waals surface area contributed by atoms with Crippen LogP contribution in [0.3, 0.4) is 0 Å². The van der Waals surface area contributed by atoms with E-state index < -0.39 is 10.0 Å². The second-order valence-corrected chi connectivity index (χ2v) is 6.31. The van der Waals surface area contributed by atoms with Gasteiger partial charge in [-0.05, 0) is 24.1 Å². The quantitative estimate of drug-likeness (QED) is 0.704. The number of nitrogens with one attached hydrogen (secondary N) is 2. The third-order valence-electron chi connectivity index (χ3n) is 2.92. The van der Waals surface area contributed by atoms with Crippen LogP contribution >= 0.6 is 0 Å². The largest absolute Gasteiger partial charge is 0.399 e. The molecule has 0 spiro atoms. The van der Waals surface area contributed by atoms with Gasteiger partial charge in [-0.1, -0.05) is 19.1 Å². The summed E-state index contributed by atoms with van der Waals surface area (Å²) >= 11 is 0. The van der Waals surface area contributed by atoms with E-state index in [2.05, 4.69) is 14.7 Å². The van der Waals surface area contributed by atoms with Crippen molar-refractivity contribution >= 4 is 15.7 Å². The molecular weight excluding hydrogens is 276 g/mol. The lowest BCUT2D eigenvalue weighted by atomic mass is 10.2. The van der Waals surface area contributed by atoms with Crippen molar-refractivity contribution in [2.75, 3.05) is 5.73 Å². The molecule has 1 aromatic carbocycles. The normalized spacial score (nSPS) is 13.2. The highest BCUT2D eigenvalue weighted by atomic mass is 32.2. The van der Waals surface area contributed by atoms with Gasteiger partial charge in [-0.2, -0.15) is 0 Å². The highest BCUT2D eigenvalue weighted by Gasteiger charge is 2.20. The number of aromatic amines is 1. The van der Waals surface area contributed by atoms with Crippen molar-refractivity contribution in [1.82, 2.24) is 14.7 Å². The summed E-state index contributed by atoms with van der Waals surface area (Å²) < 4.78 is 27.0. The molecule has 2 aromatic rings. The second-order valence-electron chi connectivity index (χ2n) is 4.55. The maximum absolute atomic E-state index is 12.2. The molecule has 108 valence electrons. The SMILES string of the molecule is CCC(NS(=O)(=O)Cc1ccc(N)cc1)c1ncc[nH]1. The average Bonchev–Trinajstić information content (AvgIpc) is 2.92. The van der Waals surface area contributed by atoms with Gasteiger partial charge in [0.25, 0.3) is 0 Å². The number of imidazole rings is 1. The number of nitrogen functional groups attached to an aromatic ring is 1. The van der Waals surface area contributed by atoms with Crippen LogP contribution < -0.4 is 10.5 Å². The second kappa shape index (κ2) is 6.06. The molecule has 6 nitrogen and oxygen atoms in total. The minimum atomic E-state index is -3.44. The van der Waals surface area contributed by atoms with E-state index >= 15 is 0 Å². The summed E-state index contributed by atoms with van der Waals surface area (Å²) in [7, 11) is -3.44. The van der Waals surface area contributed by atoms with Crippen LogP contribution in [-0.4, -0.2) is 18.4 Å². The summed E-state index contributed by atoms with van der Waals surface area (Å²) in [6.07, 6.45) is 3.90. The van der Waals surface area contributed by atoms with E-state index in [0.29, 0.717) is 23.5 Å². The minimum Gasteiger partial charge on any atom is -0.399 e. The van der Waals surface area contributed by atoms with Crippen molar-refractivity contribution in [3.63, 3.8) is 0 Å². The number of nitrogens with two attached hydrogens (primary N) is 1. The van der Waals surface area contributed by atoms with Crippen molar-refractivity contribution in [1.29, 1.82) is 0 Å². The summed E-state index contributed by atoms with van der Waals surface area (Å²) in [5.74, 6) is 0.540. The van der Waals surface area contributed by atoms with Crippen molar-refractivity contribution in [2.45, 2.75) is 25.1 Å². The molecule has 4 N–H and O–H groups in total. The Bertz CT molecular complexity index is 636. The molecule has 0 aliphatic carbocycles. The van der Waals surface area contributed by atoms with Crippen LogP contribution in [0.5, 0.6) is 0 Å². The Balaban J connectivity index is 2.08. The standard InChI is InChI=1S/C13H18N4O2S/c1-2-12(13-15-7-8-16-13)17-20(18,19)9-10-3-5-11(14)6-4-10/h3-8,12,17H,2,9,14H2,1H3,(H,15,16). The number of H-pyrrole nitrogens is 1. The van der Waals surface area contributed by atoms with Crippen LogP contribution in [0.2, 0.25) is 0 Å². The van der Waals surface area contributed by atoms with Gasteiger partial charge in [-0.15, -0.1) is 0 Å². The topological polar surface area (TPSA) is 101 Å². The Labute approximate surface area is 118 Å². The Morgan fingerprint density at radius 3 is 2.60 bits per heavy atom. The van der Waals surface area contributed by atoms with Crippen molar-refractivity contribution in [3.05, 3.63) is 48.0 Å².